The van der Waals surface area contributed by atoms with Crippen LogP contribution in [0.25, 0.3) is 10.8 Å². The number of halogens is 1. The third-order valence-corrected chi connectivity index (χ3v) is 5.21. The molecule has 1 fully saturated rings. The normalized spacial score (nSPS) is 19.6. The van der Waals surface area contributed by atoms with Crippen molar-refractivity contribution in [2.75, 3.05) is 13.2 Å². The van der Waals surface area contributed by atoms with Crippen molar-refractivity contribution in [3.05, 3.63) is 77.1 Å². The van der Waals surface area contributed by atoms with Gasteiger partial charge in [0.2, 0.25) is 0 Å². The average molecular weight is 367 g/mol. The molecule has 0 unspecified atom stereocenters. The molecule has 0 aliphatic carbocycles. The molecule has 132 valence electrons. The molecule has 0 radical (unpaired) electrons. The Hall–Kier alpha value is -2.43. The second kappa shape index (κ2) is 7.44. The molecule has 2 atom stereocenters. The second-order valence-electron chi connectivity index (χ2n) is 6.58. The van der Waals surface area contributed by atoms with Crippen molar-refractivity contribution in [2.45, 2.75) is 12.5 Å². The van der Waals surface area contributed by atoms with Gasteiger partial charge in [0.25, 0.3) is 5.91 Å². The molecule has 1 saturated heterocycles. The molecule has 0 saturated carbocycles. The number of benzene rings is 2. The van der Waals surface area contributed by atoms with Gasteiger partial charge in [-0.1, -0.05) is 35.9 Å². The highest BCUT2D eigenvalue weighted by Crippen LogP contribution is 2.26. The zero-order valence-electron chi connectivity index (χ0n) is 14.2. The Morgan fingerprint density at radius 2 is 1.85 bits per heavy atom. The molecule has 1 aromatic heterocycles. The van der Waals surface area contributed by atoms with Crippen molar-refractivity contribution in [3.8, 4) is 0 Å². The number of ether oxygens (including phenoxy) is 1. The third-order valence-electron chi connectivity index (χ3n) is 4.88. The highest BCUT2D eigenvalue weighted by molar-refractivity contribution is 6.36. The Morgan fingerprint density at radius 1 is 1.08 bits per heavy atom. The van der Waals surface area contributed by atoms with Gasteiger partial charge >= 0.3 is 0 Å². The van der Waals surface area contributed by atoms with Gasteiger partial charge in [0, 0.05) is 34.3 Å². The van der Waals surface area contributed by atoms with E-state index in [-0.39, 0.29) is 17.9 Å². The van der Waals surface area contributed by atoms with Gasteiger partial charge in [0.1, 0.15) is 0 Å². The predicted molar refractivity (Wildman–Crippen MR) is 102 cm³/mol. The van der Waals surface area contributed by atoms with Gasteiger partial charge in [-0.05, 0) is 41.6 Å². The molecule has 0 spiro atoms. The van der Waals surface area contributed by atoms with E-state index in [0.29, 0.717) is 23.8 Å². The summed E-state index contributed by atoms with van der Waals surface area (Å²) >= 11 is 6.26. The first-order valence-electron chi connectivity index (χ1n) is 8.67. The van der Waals surface area contributed by atoms with Crippen LogP contribution in [-0.4, -0.2) is 30.1 Å². The minimum absolute atomic E-state index is 0.00916. The molecule has 4 nitrogen and oxygen atoms in total. The number of pyridine rings is 1. The minimum Gasteiger partial charge on any atom is -0.379 e. The van der Waals surface area contributed by atoms with E-state index in [1.807, 2.05) is 48.5 Å². The number of fused-ring (bicyclic) bond motifs is 1. The van der Waals surface area contributed by atoms with Gasteiger partial charge < -0.3 is 10.1 Å². The maximum absolute atomic E-state index is 12.9. The molecule has 0 bridgehead atoms. The van der Waals surface area contributed by atoms with E-state index in [2.05, 4.69) is 10.3 Å². The number of amides is 1. The number of carbonyl (C=O) groups excluding carboxylic acids is 1. The standard InChI is InChI=1S/C21H19ClN2O2/c22-19-6-2-3-16-17(19)4-1-5-18(16)21(25)24-20-13-26-12-15(20)11-14-7-9-23-10-8-14/h1-10,15,20H,11-13H2,(H,24,25)/t15-,20+/m1/s1. The van der Waals surface area contributed by atoms with Gasteiger partial charge in [-0.25, -0.2) is 0 Å². The van der Waals surface area contributed by atoms with Crippen LogP contribution in [0.5, 0.6) is 0 Å². The molecule has 5 heteroatoms. The van der Waals surface area contributed by atoms with E-state index in [9.17, 15) is 4.79 Å². The van der Waals surface area contributed by atoms with E-state index in [0.717, 1.165) is 17.2 Å². The molecule has 26 heavy (non-hydrogen) atoms. The first-order chi connectivity index (χ1) is 12.7. The Kier molecular flexibility index (Phi) is 4.87. The van der Waals surface area contributed by atoms with E-state index in [1.54, 1.807) is 12.4 Å². The number of hydrogen-bond acceptors (Lipinski definition) is 3. The Balaban J connectivity index is 1.53. The summed E-state index contributed by atoms with van der Waals surface area (Å²) in [5.41, 5.74) is 1.84. The highest BCUT2D eigenvalue weighted by Gasteiger charge is 2.30. The van der Waals surface area contributed by atoms with E-state index in [4.69, 9.17) is 16.3 Å². The first-order valence-corrected chi connectivity index (χ1v) is 9.05. The molecular weight excluding hydrogens is 348 g/mol. The lowest BCUT2D eigenvalue weighted by atomic mass is 9.95. The van der Waals surface area contributed by atoms with Crippen molar-refractivity contribution >= 4 is 28.3 Å². The molecule has 2 heterocycles. The highest BCUT2D eigenvalue weighted by atomic mass is 35.5. The van der Waals surface area contributed by atoms with Gasteiger partial charge in [-0.3, -0.25) is 9.78 Å². The monoisotopic (exact) mass is 366 g/mol. The Morgan fingerprint density at radius 3 is 2.69 bits per heavy atom. The van der Waals surface area contributed by atoms with Crippen molar-refractivity contribution in [1.82, 2.24) is 10.3 Å². The maximum Gasteiger partial charge on any atom is 0.252 e. The largest absolute Gasteiger partial charge is 0.379 e. The maximum atomic E-state index is 12.9. The fraction of sp³-hybridized carbons (Fsp3) is 0.238. The first kappa shape index (κ1) is 17.0. The summed E-state index contributed by atoms with van der Waals surface area (Å²) in [4.78, 5) is 17.0. The molecule has 1 N–H and O–H groups in total. The quantitative estimate of drug-likeness (QED) is 0.762. The summed E-state index contributed by atoms with van der Waals surface area (Å²) in [6, 6.07) is 15.3. The third kappa shape index (κ3) is 3.43. The smallest absolute Gasteiger partial charge is 0.252 e. The number of hydrogen-bond donors (Lipinski definition) is 1. The predicted octanol–water partition coefficient (Wildman–Crippen LogP) is 3.88. The summed E-state index contributed by atoms with van der Waals surface area (Å²) in [6.45, 7) is 1.18. The van der Waals surface area contributed by atoms with E-state index in [1.165, 1.54) is 5.56 Å². The number of rotatable bonds is 4. The molecule has 1 aliphatic rings. The van der Waals surface area contributed by atoms with Crippen LogP contribution in [0.4, 0.5) is 0 Å². The van der Waals surface area contributed by atoms with Crippen molar-refractivity contribution in [1.29, 1.82) is 0 Å². The van der Waals surface area contributed by atoms with Crippen LogP contribution >= 0.6 is 11.6 Å². The van der Waals surface area contributed by atoms with Gasteiger partial charge in [-0.15, -0.1) is 0 Å². The van der Waals surface area contributed by atoms with E-state index < -0.39 is 0 Å². The number of nitrogens with one attached hydrogen (secondary N) is 1. The molecule has 1 aliphatic heterocycles. The van der Waals surface area contributed by atoms with Crippen molar-refractivity contribution < 1.29 is 9.53 Å². The SMILES string of the molecule is O=C(N[C@H]1COC[C@H]1Cc1ccncc1)c1cccc2c(Cl)cccc12. The number of aromatic nitrogens is 1. The van der Waals surface area contributed by atoms with E-state index >= 15 is 0 Å². The zero-order valence-corrected chi connectivity index (χ0v) is 14.9. The topological polar surface area (TPSA) is 51.2 Å². The molecule has 2 aromatic carbocycles. The lowest BCUT2D eigenvalue weighted by Gasteiger charge is -2.19. The lowest BCUT2D eigenvalue weighted by Crippen LogP contribution is -2.40. The van der Waals surface area contributed by atoms with Crippen molar-refractivity contribution in [3.63, 3.8) is 0 Å². The summed E-state index contributed by atoms with van der Waals surface area (Å²) in [6.07, 6.45) is 4.44. The van der Waals surface area contributed by atoms with Crippen LogP contribution < -0.4 is 5.32 Å². The summed E-state index contributed by atoms with van der Waals surface area (Å²) in [5, 5.41) is 5.55. The second-order valence-corrected chi connectivity index (χ2v) is 6.98. The fourth-order valence-corrected chi connectivity index (χ4v) is 3.73. The molecule has 1 amide bonds. The minimum atomic E-state index is -0.0897. The molecule has 4 rings (SSSR count). The van der Waals surface area contributed by atoms with Crippen LogP contribution in [0, 0.1) is 5.92 Å². The average Bonchev–Trinajstić information content (AvgIpc) is 3.09. The van der Waals surface area contributed by atoms with Gasteiger partial charge in [-0.2, -0.15) is 0 Å². The Bertz CT molecular complexity index is 930. The van der Waals surface area contributed by atoms with Crippen LogP contribution in [-0.2, 0) is 11.2 Å². The fourth-order valence-electron chi connectivity index (χ4n) is 3.50. The van der Waals surface area contributed by atoms with Gasteiger partial charge in [0.15, 0.2) is 0 Å². The van der Waals surface area contributed by atoms with Crippen LogP contribution in [0.15, 0.2) is 60.9 Å². The molecular formula is C21H19ClN2O2. The zero-order chi connectivity index (χ0) is 17.9. The molecule has 3 aromatic rings. The lowest BCUT2D eigenvalue weighted by molar-refractivity contribution is 0.0927. The Labute approximate surface area is 157 Å². The van der Waals surface area contributed by atoms with Gasteiger partial charge in [0.05, 0.1) is 19.3 Å². The number of nitrogens with zero attached hydrogens (tertiary/aromatic N) is 1. The van der Waals surface area contributed by atoms with Crippen LogP contribution in [0.1, 0.15) is 15.9 Å². The summed E-state index contributed by atoms with van der Waals surface area (Å²) in [7, 11) is 0. The summed E-state index contributed by atoms with van der Waals surface area (Å²) < 4.78 is 5.63. The van der Waals surface area contributed by atoms with Crippen LogP contribution in [0.3, 0.4) is 0 Å². The number of carbonyl (C=O) groups is 1. The summed E-state index contributed by atoms with van der Waals surface area (Å²) in [5.74, 6) is 0.160. The van der Waals surface area contributed by atoms with Crippen LogP contribution in [0.2, 0.25) is 5.02 Å². The van der Waals surface area contributed by atoms with Crippen molar-refractivity contribution in [2.24, 2.45) is 5.92 Å².